The molecule has 35 heavy (non-hydrogen) atoms. The largest absolute Gasteiger partial charge is 0.490 e. The number of benzene rings is 2. The molecule has 0 unspecified atom stereocenters. The molecule has 6 heteroatoms. The maximum absolute atomic E-state index is 13.5. The van der Waals surface area contributed by atoms with Crippen molar-refractivity contribution in [3.8, 4) is 5.75 Å². The fourth-order valence-electron chi connectivity index (χ4n) is 6.01. The van der Waals surface area contributed by atoms with Gasteiger partial charge in [-0.1, -0.05) is 42.5 Å². The number of carbonyl (C=O) groups excluding carboxylic acids is 1. The molecule has 6 rings (SSSR count). The zero-order valence-corrected chi connectivity index (χ0v) is 20.3. The second-order valence-electron chi connectivity index (χ2n) is 10.3. The van der Waals surface area contributed by atoms with Gasteiger partial charge in [-0.3, -0.25) is 14.8 Å². The van der Waals surface area contributed by atoms with Crippen LogP contribution in [0.15, 0.2) is 54.7 Å². The van der Waals surface area contributed by atoms with E-state index in [2.05, 4.69) is 63.6 Å². The number of amides is 1. The molecule has 0 bridgehead atoms. The van der Waals surface area contributed by atoms with Gasteiger partial charge in [0.1, 0.15) is 5.75 Å². The maximum Gasteiger partial charge on any atom is 0.257 e. The molecule has 0 radical (unpaired) electrons. The number of fused-ring (bicyclic) bond motifs is 1. The Kier molecular flexibility index (Phi) is 6.30. The Morgan fingerprint density at radius 2 is 1.80 bits per heavy atom. The molecule has 6 nitrogen and oxygen atoms in total. The average molecular weight is 471 g/mol. The zero-order valence-electron chi connectivity index (χ0n) is 20.3. The fraction of sp³-hybridized carbons (Fsp3) is 0.448. The van der Waals surface area contributed by atoms with Crippen molar-refractivity contribution in [1.82, 2.24) is 20.0 Å². The van der Waals surface area contributed by atoms with Crippen LogP contribution in [0.3, 0.4) is 0 Å². The van der Waals surface area contributed by atoms with Crippen LogP contribution in [0, 0.1) is 0 Å². The van der Waals surface area contributed by atoms with Crippen LogP contribution in [-0.4, -0.2) is 51.6 Å². The normalized spacial score (nSPS) is 20.8. The van der Waals surface area contributed by atoms with Crippen LogP contribution in [-0.2, 0) is 19.5 Å². The number of nitrogens with zero attached hydrogens (tertiary/aromatic N) is 3. The van der Waals surface area contributed by atoms with E-state index in [0.717, 1.165) is 56.0 Å². The summed E-state index contributed by atoms with van der Waals surface area (Å²) >= 11 is 0. The summed E-state index contributed by atoms with van der Waals surface area (Å²) in [6.45, 7) is 4.23. The summed E-state index contributed by atoms with van der Waals surface area (Å²) in [6, 6.07) is 16.9. The molecule has 1 atom stereocenters. The van der Waals surface area contributed by atoms with Crippen LogP contribution in [0.1, 0.15) is 70.8 Å². The van der Waals surface area contributed by atoms with E-state index in [9.17, 15) is 4.79 Å². The van der Waals surface area contributed by atoms with Crippen molar-refractivity contribution in [1.29, 1.82) is 0 Å². The highest BCUT2D eigenvalue weighted by molar-refractivity contribution is 5.95. The van der Waals surface area contributed by atoms with E-state index in [4.69, 9.17) is 4.74 Å². The van der Waals surface area contributed by atoms with E-state index in [1.807, 2.05) is 4.90 Å². The van der Waals surface area contributed by atoms with Gasteiger partial charge in [0, 0.05) is 37.7 Å². The van der Waals surface area contributed by atoms with Crippen molar-refractivity contribution in [3.05, 3.63) is 82.7 Å². The number of rotatable bonds is 6. The SMILES string of the molecule is O=C(c1cn[nH]c1[C@H]1CCN(Cc2ccccc2OC2CCCC2)C1)N1CCc2ccccc2C1. The number of aromatic nitrogens is 2. The molecule has 2 aliphatic heterocycles. The number of ether oxygens (including phenoxy) is 1. The van der Waals surface area contributed by atoms with Crippen LogP contribution in [0.5, 0.6) is 5.75 Å². The summed E-state index contributed by atoms with van der Waals surface area (Å²) in [6.07, 6.45) is 8.91. The highest BCUT2D eigenvalue weighted by Gasteiger charge is 2.31. The van der Waals surface area contributed by atoms with Gasteiger partial charge in [0.2, 0.25) is 0 Å². The molecule has 1 aromatic heterocycles. The van der Waals surface area contributed by atoms with Gasteiger partial charge in [0.25, 0.3) is 5.91 Å². The van der Waals surface area contributed by atoms with Crippen molar-refractivity contribution in [2.75, 3.05) is 19.6 Å². The van der Waals surface area contributed by atoms with Crippen LogP contribution in [0.2, 0.25) is 0 Å². The minimum atomic E-state index is 0.0945. The molecule has 0 spiro atoms. The lowest BCUT2D eigenvalue weighted by Gasteiger charge is -2.29. The highest BCUT2D eigenvalue weighted by atomic mass is 16.5. The smallest absolute Gasteiger partial charge is 0.257 e. The van der Waals surface area contributed by atoms with Crippen LogP contribution in [0.25, 0.3) is 0 Å². The number of aromatic amines is 1. The number of hydrogen-bond acceptors (Lipinski definition) is 4. The number of H-pyrrole nitrogens is 1. The summed E-state index contributed by atoms with van der Waals surface area (Å²) in [5.74, 6) is 1.42. The first-order chi connectivity index (χ1) is 17.2. The minimum absolute atomic E-state index is 0.0945. The average Bonchev–Trinajstić information content (AvgIpc) is 3.67. The summed E-state index contributed by atoms with van der Waals surface area (Å²) in [7, 11) is 0. The van der Waals surface area contributed by atoms with E-state index in [1.54, 1.807) is 6.20 Å². The van der Waals surface area contributed by atoms with Gasteiger partial charge in [-0.2, -0.15) is 5.10 Å². The standard InChI is InChI=1S/C29H34N4O2/c34-29(33-16-14-21-7-1-2-8-22(21)20-33)26-17-30-31-28(26)24-13-15-32(19-24)18-23-9-3-6-12-27(23)35-25-10-4-5-11-25/h1-3,6-9,12,17,24-25H,4-5,10-11,13-16,18-20H2,(H,30,31)/t24-/m0/s1. The molecule has 2 fully saturated rings. The monoisotopic (exact) mass is 470 g/mol. The number of hydrogen-bond donors (Lipinski definition) is 1. The number of para-hydroxylation sites is 1. The lowest BCUT2D eigenvalue weighted by molar-refractivity contribution is 0.0733. The third-order valence-electron chi connectivity index (χ3n) is 7.96. The molecule has 1 N–H and O–H groups in total. The van der Waals surface area contributed by atoms with Crippen molar-refractivity contribution in [2.45, 2.75) is 63.6 Å². The number of carbonyl (C=O) groups is 1. The Balaban J connectivity index is 1.12. The number of nitrogens with one attached hydrogen (secondary N) is 1. The first kappa shape index (κ1) is 22.4. The predicted molar refractivity (Wildman–Crippen MR) is 135 cm³/mol. The maximum atomic E-state index is 13.5. The Hall–Kier alpha value is -3.12. The van der Waals surface area contributed by atoms with Crippen molar-refractivity contribution in [2.24, 2.45) is 0 Å². The molecular formula is C29H34N4O2. The quantitative estimate of drug-likeness (QED) is 0.556. The first-order valence-corrected chi connectivity index (χ1v) is 13.1. The molecule has 3 heterocycles. The molecular weight excluding hydrogens is 436 g/mol. The van der Waals surface area contributed by atoms with E-state index < -0.39 is 0 Å². The predicted octanol–water partition coefficient (Wildman–Crippen LogP) is 4.92. The molecule has 1 saturated heterocycles. The Bertz CT molecular complexity index is 1180. The molecule has 1 saturated carbocycles. The van der Waals surface area contributed by atoms with Gasteiger partial charge in [0.05, 0.1) is 23.6 Å². The van der Waals surface area contributed by atoms with Gasteiger partial charge < -0.3 is 9.64 Å². The van der Waals surface area contributed by atoms with Gasteiger partial charge in [-0.15, -0.1) is 0 Å². The number of likely N-dealkylation sites (tertiary alicyclic amines) is 1. The Morgan fingerprint density at radius 3 is 2.69 bits per heavy atom. The second kappa shape index (κ2) is 9.86. The molecule has 2 aromatic carbocycles. The van der Waals surface area contributed by atoms with E-state index >= 15 is 0 Å². The van der Waals surface area contributed by atoms with Crippen LogP contribution < -0.4 is 4.74 Å². The van der Waals surface area contributed by atoms with Crippen molar-refractivity contribution < 1.29 is 9.53 Å². The summed E-state index contributed by atoms with van der Waals surface area (Å²) in [5.41, 5.74) is 5.59. The molecule has 1 amide bonds. The topological polar surface area (TPSA) is 61.5 Å². The van der Waals surface area contributed by atoms with Crippen molar-refractivity contribution >= 4 is 5.91 Å². The highest BCUT2D eigenvalue weighted by Crippen LogP contribution is 2.33. The van der Waals surface area contributed by atoms with Crippen molar-refractivity contribution in [3.63, 3.8) is 0 Å². The van der Waals surface area contributed by atoms with Crippen LogP contribution >= 0.6 is 0 Å². The zero-order chi connectivity index (χ0) is 23.6. The van der Waals surface area contributed by atoms with E-state index in [1.165, 1.54) is 42.4 Å². The Morgan fingerprint density at radius 1 is 1.00 bits per heavy atom. The minimum Gasteiger partial charge on any atom is -0.490 e. The first-order valence-electron chi connectivity index (χ1n) is 13.1. The Labute approximate surface area is 207 Å². The van der Waals surface area contributed by atoms with Crippen LogP contribution in [0.4, 0.5) is 0 Å². The molecule has 3 aliphatic rings. The third-order valence-corrected chi connectivity index (χ3v) is 7.96. The lowest BCUT2D eigenvalue weighted by Crippen LogP contribution is -2.36. The second-order valence-corrected chi connectivity index (χ2v) is 10.3. The summed E-state index contributed by atoms with van der Waals surface area (Å²) in [4.78, 5) is 17.9. The molecule has 1 aliphatic carbocycles. The van der Waals surface area contributed by atoms with E-state index in [-0.39, 0.29) is 11.8 Å². The van der Waals surface area contributed by atoms with Gasteiger partial charge in [0.15, 0.2) is 0 Å². The molecule has 3 aromatic rings. The summed E-state index contributed by atoms with van der Waals surface area (Å²) < 4.78 is 6.37. The van der Waals surface area contributed by atoms with Gasteiger partial charge in [-0.25, -0.2) is 0 Å². The third kappa shape index (κ3) is 4.72. The van der Waals surface area contributed by atoms with Gasteiger partial charge >= 0.3 is 0 Å². The van der Waals surface area contributed by atoms with E-state index in [0.29, 0.717) is 12.6 Å². The fourth-order valence-corrected chi connectivity index (χ4v) is 6.01. The lowest BCUT2D eigenvalue weighted by atomic mass is 9.97. The molecule has 182 valence electrons. The summed E-state index contributed by atoms with van der Waals surface area (Å²) in [5, 5.41) is 7.48. The van der Waals surface area contributed by atoms with Gasteiger partial charge in [-0.05, 0) is 62.3 Å².